The number of fused-ring (bicyclic) bond motifs is 1. The summed E-state index contributed by atoms with van der Waals surface area (Å²) in [6.07, 6.45) is 0.316. The van der Waals surface area contributed by atoms with Gasteiger partial charge in [0.1, 0.15) is 5.52 Å². The number of ether oxygens (including phenoxy) is 1. The van der Waals surface area contributed by atoms with Crippen LogP contribution in [0.25, 0.3) is 11.1 Å². The van der Waals surface area contributed by atoms with Crippen LogP contribution in [-0.2, 0) is 0 Å². The maximum atomic E-state index is 5.30. The highest BCUT2D eigenvalue weighted by Crippen LogP contribution is 2.22. The fourth-order valence-corrected chi connectivity index (χ4v) is 1.28. The topological polar surface area (TPSA) is 35.3 Å². The van der Waals surface area contributed by atoms with Crippen LogP contribution in [0.2, 0.25) is 0 Å². The first kappa shape index (κ1) is 8.44. The van der Waals surface area contributed by atoms with Crippen molar-refractivity contribution < 1.29 is 9.15 Å². The average Bonchev–Trinajstić information content (AvgIpc) is 2.46. The number of nitrogens with zero attached hydrogens (tertiary/aromatic N) is 1. The molecule has 1 aromatic heterocycles. The summed E-state index contributed by atoms with van der Waals surface area (Å²) in [7, 11) is 0. The molecule has 0 aliphatic carbocycles. The first-order valence-electron chi connectivity index (χ1n) is 4.02. The Morgan fingerprint density at radius 3 is 3.15 bits per heavy atom. The Kier molecular flexibility index (Phi) is 2.14. The molecule has 2 rings (SSSR count). The highest BCUT2D eigenvalue weighted by atomic mass is 32.1. The molecular weight excluding hydrogens is 186 g/mol. The summed E-state index contributed by atoms with van der Waals surface area (Å²) in [5, 5.41) is 0. The predicted octanol–water partition coefficient (Wildman–Crippen LogP) is 2.52. The first-order valence-corrected chi connectivity index (χ1v) is 4.46. The molecule has 0 fully saturated rings. The van der Waals surface area contributed by atoms with Gasteiger partial charge in [-0.25, -0.2) is 0 Å². The van der Waals surface area contributed by atoms with Crippen molar-refractivity contribution in [2.75, 3.05) is 6.61 Å². The van der Waals surface area contributed by atoms with E-state index in [1.54, 1.807) is 0 Å². The van der Waals surface area contributed by atoms with Crippen LogP contribution in [0.5, 0.6) is 6.08 Å². The van der Waals surface area contributed by atoms with Crippen molar-refractivity contribution >= 4 is 23.7 Å². The van der Waals surface area contributed by atoms with Crippen molar-refractivity contribution in [3.8, 4) is 6.08 Å². The number of benzene rings is 1. The molecule has 0 aliphatic rings. The van der Waals surface area contributed by atoms with Crippen molar-refractivity contribution in [3.63, 3.8) is 0 Å². The van der Waals surface area contributed by atoms with Gasteiger partial charge in [0.15, 0.2) is 5.58 Å². The van der Waals surface area contributed by atoms with Gasteiger partial charge in [0, 0.05) is 4.90 Å². The van der Waals surface area contributed by atoms with Crippen LogP contribution >= 0.6 is 12.6 Å². The summed E-state index contributed by atoms with van der Waals surface area (Å²) in [6.45, 7) is 2.44. The number of hydrogen-bond donors (Lipinski definition) is 1. The van der Waals surface area contributed by atoms with E-state index in [0.717, 1.165) is 16.0 Å². The number of oxazole rings is 1. The molecule has 0 saturated carbocycles. The SMILES string of the molecule is CCOc1nc2cc(S)ccc2o1. The summed E-state index contributed by atoms with van der Waals surface area (Å²) >= 11 is 4.20. The lowest BCUT2D eigenvalue weighted by Crippen LogP contribution is -1.89. The summed E-state index contributed by atoms with van der Waals surface area (Å²) < 4.78 is 10.4. The highest BCUT2D eigenvalue weighted by Gasteiger charge is 2.05. The van der Waals surface area contributed by atoms with Crippen LogP contribution in [0.1, 0.15) is 6.92 Å². The Morgan fingerprint density at radius 1 is 1.54 bits per heavy atom. The number of hydrogen-bond acceptors (Lipinski definition) is 4. The highest BCUT2D eigenvalue weighted by molar-refractivity contribution is 7.80. The number of thiol groups is 1. The zero-order valence-corrected chi connectivity index (χ0v) is 8.04. The third kappa shape index (κ3) is 1.62. The fraction of sp³-hybridized carbons (Fsp3) is 0.222. The molecular formula is C9H9NO2S. The van der Waals surface area contributed by atoms with Crippen LogP contribution in [0.15, 0.2) is 27.5 Å². The predicted molar refractivity (Wildman–Crippen MR) is 52.4 cm³/mol. The van der Waals surface area contributed by atoms with Crippen LogP contribution in [0.4, 0.5) is 0 Å². The van der Waals surface area contributed by atoms with Crippen molar-refractivity contribution in [2.24, 2.45) is 0 Å². The van der Waals surface area contributed by atoms with Crippen molar-refractivity contribution in [1.82, 2.24) is 4.98 Å². The second-order valence-electron chi connectivity index (χ2n) is 2.56. The van der Waals surface area contributed by atoms with Gasteiger partial charge in [0.2, 0.25) is 0 Å². The molecule has 68 valence electrons. The number of aromatic nitrogens is 1. The van der Waals surface area contributed by atoms with E-state index in [1.807, 2.05) is 25.1 Å². The monoisotopic (exact) mass is 195 g/mol. The van der Waals surface area contributed by atoms with E-state index in [0.29, 0.717) is 12.7 Å². The third-order valence-electron chi connectivity index (χ3n) is 1.62. The molecule has 0 aliphatic heterocycles. The Morgan fingerprint density at radius 2 is 2.38 bits per heavy atom. The van der Waals surface area contributed by atoms with Gasteiger partial charge < -0.3 is 9.15 Å². The summed E-state index contributed by atoms with van der Waals surface area (Å²) in [4.78, 5) is 4.99. The van der Waals surface area contributed by atoms with E-state index >= 15 is 0 Å². The smallest absolute Gasteiger partial charge is 0.394 e. The second-order valence-corrected chi connectivity index (χ2v) is 3.08. The molecule has 1 aromatic carbocycles. The van der Waals surface area contributed by atoms with Crippen LogP contribution in [-0.4, -0.2) is 11.6 Å². The maximum Gasteiger partial charge on any atom is 0.394 e. The van der Waals surface area contributed by atoms with E-state index in [2.05, 4.69) is 17.6 Å². The average molecular weight is 195 g/mol. The Balaban J connectivity index is 2.49. The zero-order valence-electron chi connectivity index (χ0n) is 7.15. The first-order chi connectivity index (χ1) is 6.29. The van der Waals surface area contributed by atoms with Gasteiger partial charge in [-0.2, -0.15) is 4.98 Å². The molecule has 0 saturated heterocycles. The van der Waals surface area contributed by atoms with Crippen molar-refractivity contribution in [3.05, 3.63) is 18.2 Å². The van der Waals surface area contributed by atoms with Gasteiger partial charge in [-0.3, -0.25) is 0 Å². The molecule has 1 heterocycles. The molecule has 2 aromatic rings. The lowest BCUT2D eigenvalue weighted by Gasteiger charge is -1.91. The van der Waals surface area contributed by atoms with Gasteiger partial charge in [0.25, 0.3) is 0 Å². The van der Waals surface area contributed by atoms with Gasteiger partial charge >= 0.3 is 6.08 Å². The minimum atomic E-state index is 0.316. The van der Waals surface area contributed by atoms with Crippen LogP contribution in [0, 0.1) is 0 Å². The molecule has 0 N–H and O–H groups in total. The van der Waals surface area contributed by atoms with Crippen LogP contribution in [0.3, 0.4) is 0 Å². The van der Waals surface area contributed by atoms with E-state index in [9.17, 15) is 0 Å². The van der Waals surface area contributed by atoms with E-state index in [1.165, 1.54) is 0 Å². The minimum Gasteiger partial charge on any atom is -0.450 e. The van der Waals surface area contributed by atoms with Gasteiger partial charge in [0.05, 0.1) is 6.61 Å². The van der Waals surface area contributed by atoms with Crippen molar-refractivity contribution in [2.45, 2.75) is 11.8 Å². The molecule has 13 heavy (non-hydrogen) atoms. The summed E-state index contributed by atoms with van der Waals surface area (Å²) in [5.41, 5.74) is 1.50. The van der Waals surface area contributed by atoms with E-state index in [-0.39, 0.29) is 0 Å². The molecule has 0 atom stereocenters. The number of rotatable bonds is 2. The van der Waals surface area contributed by atoms with Gasteiger partial charge in [-0.05, 0) is 25.1 Å². The molecule has 3 nitrogen and oxygen atoms in total. The lowest BCUT2D eigenvalue weighted by atomic mass is 10.3. The Hall–Kier alpha value is -1.16. The Labute approximate surface area is 81.1 Å². The maximum absolute atomic E-state index is 5.30. The largest absolute Gasteiger partial charge is 0.450 e. The van der Waals surface area contributed by atoms with Gasteiger partial charge in [-0.1, -0.05) is 0 Å². The van der Waals surface area contributed by atoms with E-state index in [4.69, 9.17) is 9.15 Å². The molecule has 0 unspecified atom stereocenters. The molecule has 0 radical (unpaired) electrons. The van der Waals surface area contributed by atoms with Crippen LogP contribution < -0.4 is 4.74 Å². The molecule has 4 heteroatoms. The van der Waals surface area contributed by atoms with E-state index < -0.39 is 0 Å². The Bertz CT molecular complexity index is 424. The molecule has 0 bridgehead atoms. The zero-order chi connectivity index (χ0) is 9.26. The standard InChI is InChI=1S/C9H9NO2S/c1-2-11-9-10-7-5-6(13)3-4-8(7)12-9/h3-5,13H,2H2,1H3. The lowest BCUT2D eigenvalue weighted by molar-refractivity contribution is 0.251. The summed E-state index contributed by atoms with van der Waals surface area (Å²) in [5.74, 6) is 0. The normalized spacial score (nSPS) is 10.6. The quantitative estimate of drug-likeness (QED) is 0.748. The van der Waals surface area contributed by atoms with Gasteiger partial charge in [-0.15, -0.1) is 12.6 Å². The minimum absolute atomic E-state index is 0.316. The molecule has 0 amide bonds. The molecule has 0 spiro atoms. The second kappa shape index (κ2) is 3.30. The van der Waals surface area contributed by atoms with Crippen molar-refractivity contribution in [1.29, 1.82) is 0 Å². The third-order valence-corrected chi connectivity index (χ3v) is 1.90. The summed E-state index contributed by atoms with van der Waals surface area (Å²) in [6, 6.07) is 5.52. The fourth-order valence-electron chi connectivity index (χ4n) is 1.08.